The Bertz CT molecular complexity index is 1150. The van der Waals surface area contributed by atoms with Gasteiger partial charge in [0.2, 0.25) is 0 Å². The van der Waals surface area contributed by atoms with Gasteiger partial charge in [0.15, 0.2) is 0 Å². The first-order chi connectivity index (χ1) is 13.3. The molecule has 0 amide bonds. The number of aromatic nitrogens is 4. The van der Waals surface area contributed by atoms with Crippen molar-refractivity contribution in [1.82, 2.24) is 18.9 Å². The van der Waals surface area contributed by atoms with E-state index in [9.17, 15) is 18.4 Å². The van der Waals surface area contributed by atoms with Crippen molar-refractivity contribution in [2.24, 2.45) is 5.73 Å². The van der Waals surface area contributed by atoms with Crippen LogP contribution >= 0.6 is 11.3 Å². The molecule has 28 heavy (non-hydrogen) atoms. The van der Waals surface area contributed by atoms with Crippen molar-refractivity contribution in [1.29, 1.82) is 0 Å². The number of hydrogen-bond acceptors (Lipinski definition) is 5. The fourth-order valence-electron chi connectivity index (χ4n) is 2.78. The molecule has 0 aliphatic rings. The van der Waals surface area contributed by atoms with E-state index in [4.69, 9.17) is 5.73 Å². The fraction of sp³-hybridized carbons (Fsp3) is 0.278. The SMILES string of the molecule is CCn1cc(-c2ccc(-n3c(C)nn(CC(CN)=C(F)F)c3=O)s2)ccc1=O. The van der Waals surface area contributed by atoms with E-state index in [2.05, 4.69) is 5.10 Å². The van der Waals surface area contributed by atoms with Crippen LogP contribution in [-0.2, 0) is 13.1 Å². The molecule has 0 fully saturated rings. The molecule has 3 heterocycles. The molecule has 3 aromatic rings. The average Bonchev–Trinajstić information content (AvgIpc) is 3.24. The van der Waals surface area contributed by atoms with Crippen LogP contribution in [0.15, 0.2) is 51.7 Å². The molecule has 0 atom stereocenters. The number of aryl methyl sites for hydroxylation is 2. The van der Waals surface area contributed by atoms with Crippen molar-refractivity contribution < 1.29 is 8.78 Å². The van der Waals surface area contributed by atoms with E-state index in [0.29, 0.717) is 17.4 Å². The fourth-order valence-corrected chi connectivity index (χ4v) is 3.82. The first-order valence-electron chi connectivity index (χ1n) is 8.56. The number of hydrogen-bond donors (Lipinski definition) is 1. The molecule has 0 unspecified atom stereocenters. The summed E-state index contributed by atoms with van der Waals surface area (Å²) in [6, 6.07) is 6.83. The maximum absolute atomic E-state index is 12.9. The summed E-state index contributed by atoms with van der Waals surface area (Å²) in [6.07, 6.45) is -0.134. The van der Waals surface area contributed by atoms with Crippen LogP contribution in [0, 0.1) is 6.92 Å². The van der Waals surface area contributed by atoms with Crippen LogP contribution in [-0.4, -0.2) is 25.5 Å². The maximum Gasteiger partial charge on any atom is 0.351 e. The van der Waals surface area contributed by atoms with Crippen LogP contribution in [0.2, 0.25) is 0 Å². The van der Waals surface area contributed by atoms with Crippen molar-refractivity contribution in [2.75, 3.05) is 6.54 Å². The molecular weight excluding hydrogens is 388 g/mol. The van der Waals surface area contributed by atoms with E-state index in [1.54, 1.807) is 29.8 Å². The van der Waals surface area contributed by atoms with Crippen LogP contribution in [0.25, 0.3) is 15.4 Å². The molecule has 148 valence electrons. The van der Waals surface area contributed by atoms with Crippen molar-refractivity contribution in [2.45, 2.75) is 26.9 Å². The molecule has 0 spiro atoms. The lowest BCUT2D eigenvalue weighted by molar-refractivity contribution is 0.400. The van der Waals surface area contributed by atoms with E-state index in [1.165, 1.54) is 22.0 Å². The third kappa shape index (κ3) is 3.73. The molecule has 3 rings (SSSR count). The second-order valence-electron chi connectivity index (χ2n) is 6.07. The first kappa shape index (κ1) is 19.9. The molecule has 2 N–H and O–H groups in total. The number of halogens is 2. The van der Waals surface area contributed by atoms with Gasteiger partial charge in [-0.2, -0.15) is 13.9 Å². The Labute approximate surface area is 163 Å². The summed E-state index contributed by atoms with van der Waals surface area (Å²) < 4.78 is 29.7. The zero-order valence-corrected chi connectivity index (χ0v) is 16.2. The summed E-state index contributed by atoms with van der Waals surface area (Å²) in [6.45, 7) is 3.36. The van der Waals surface area contributed by atoms with Gasteiger partial charge in [-0.05, 0) is 32.0 Å². The normalized spacial score (nSPS) is 11.0. The smallest absolute Gasteiger partial charge is 0.327 e. The lowest BCUT2D eigenvalue weighted by Crippen LogP contribution is -2.26. The third-order valence-corrected chi connectivity index (χ3v) is 5.40. The monoisotopic (exact) mass is 407 g/mol. The molecule has 7 nitrogen and oxygen atoms in total. The molecule has 0 saturated heterocycles. The van der Waals surface area contributed by atoms with Gasteiger partial charge in [0.05, 0.1) is 6.54 Å². The Morgan fingerprint density at radius 3 is 2.61 bits per heavy atom. The number of rotatable bonds is 6. The van der Waals surface area contributed by atoms with Crippen LogP contribution in [0.3, 0.4) is 0 Å². The summed E-state index contributed by atoms with van der Waals surface area (Å²) in [7, 11) is 0. The molecule has 3 aromatic heterocycles. The highest BCUT2D eigenvalue weighted by Gasteiger charge is 2.16. The summed E-state index contributed by atoms with van der Waals surface area (Å²) >= 11 is 1.35. The van der Waals surface area contributed by atoms with E-state index in [0.717, 1.165) is 15.1 Å². The van der Waals surface area contributed by atoms with Crippen molar-refractivity contribution in [3.63, 3.8) is 0 Å². The van der Waals surface area contributed by atoms with Gasteiger partial charge in [-0.3, -0.25) is 4.79 Å². The van der Waals surface area contributed by atoms with E-state index in [-0.39, 0.29) is 24.2 Å². The lowest BCUT2D eigenvalue weighted by Gasteiger charge is -2.04. The van der Waals surface area contributed by atoms with Gasteiger partial charge in [0.1, 0.15) is 10.8 Å². The molecule has 0 aliphatic carbocycles. The Morgan fingerprint density at radius 2 is 1.96 bits per heavy atom. The van der Waals surface area contributed by atoms with Gasteiger partial charge in [0.25, 0.3) is 11.6 Å². The Balaban J connectivity index is 1.99. The average molecular weight is 407 g/mol. The van der Waals surface area contributed by atoms with Crippen molar-refractivity contribution in [3.05, 3.63) is 68.8 Å². The summed E-state index contributed by atoms with van der Waals surface area (Å²) in [5, 5.41) is 4.69. The van der Waals surface area contributed by atoms with Gasteiger partial charge >= 0.3 is 5.69 Å². The molecular formula is C18H19F2N5O2S. The predicted octanol–water partition coefficient (Wildman–Crippen LogP) is 2.36. The number of pyridine rings is 1. The Morgan fingerprint density at radius 1 is 1.21 bits per heavy atom. The minimum Gasteiger partial charge on any atom is -0.327 e. The molecule has 10 heteroatoms. The zero-order chi connectivity index (χ0) is 20.4. The predicted molar refractivity (Wildman–Crippen MR) is 104 cm³/mol. The van der Waals surface area contributed by atoms with Crippen molar-refractivity contribution in [3.8, 4) is 15.4 Å². The van der Waals surface area contributed by atoms with Crippen molar-refractivity contribution >= 4 is 11.3 Å². The van der Waals surface area contributed by atoms with Gasteiger partial charge in [-0.1, -0.05) is 0 Å². The molecule has 0 saturated carbocycles. The molecule has 0 radical (unpaired) electrons. The first-order valence-corrected chi connectivity index (χ1v) is 9.38. The number of nitrogens with two attached hydrogens (primary N) is 1. The van der Waals surface area contributed by atoms with Crippen LogP contribution < -0.4 is 17.0 Å². The summed E-state index contributed by atoms with van der Waals surface area (Å²) in [4.78, 5) is 25.3. The minimum atomic E-state index is -1.90. The summed E-state index contributed by atoms with van der Waals surface area (Å²) in [5.74, 6) is 0.382. The lowest BCUT2D eigenvalue weighted by atomic mass is 10.2. The third-order valence-electron chi connectivity index (χ3n) is 4.28. The van der Waals surface area contributed by atoms with Gasteiger partial charge < -0.3 is 10.3 Å². The highest BCUT2D eigenvalue weighted by atomic mass is 32.1. The summed E-state index contributed by atoms with van der Waals surface area (Å²) in [5.41, 5.74) is 5.24. The van der Waals surface area contributed by atoms with E-state index < -0.39 is 11.8 Å². The van der Waals surface area contributed by atoms with Crippen LogP contribution in [0.5, 0.6) is 0 Å². The number of thiophene rings is 1. The highest BCUT2D eigenvalue weighted by Crippen LogP contribution is 2.29. The second-order valence-corrected chi connectivity index (χ2v) is 7.13. The second kappa shape index (κ2) is 8.03. The largest absolute Gasteiger partial charge is 0.351 e. The standard InChI is InChI=1S/C18H19F2N5O2S/c1-3-23-9-12(4-6-15(23)26)14-5-7-16(28-14)25-11(2)22-24(18(25)27)10-13(8-21)17(19)20/h4-7,9H,3,8,10,21H2,1-2H3. The Kier molecular flexibility index (Phi) is 5.71. The van der Waals surface area contributed by atoms with Gasteiger partial charge in [0, 0.05) is 41.4 Å². The quantitative estimate of drug-likeness (QED) is 0.680. The zero-order valence-electron chi connectivity index (χ0n) is 15.4. The van der Waals surface area contributed by atoms with E-state index in [1.807, 2.05) is 13.0 Å². The molecule has 0 aromatic carbocycles. The van der Waals surface area contributed by atoms with Gasteiger partial charge in [-0.25, -0.2) is 14.0 Å². The topological polar surface area (TPSA) is 87.8 Å². The molecule has 0 bridgehead atoms. The highest BCUT2D eigenvalue weighted by molar-refractivity contribution is 7.17. The maximum atomic E-state index is 12.9. The number of nitrogens with zero attached hydrogens (tertiary/aromatic N) is 4. The molecule has 0 aliphatic heterocycles. The van der Waals surface area contributed by atoms with Crippen LogP contribution in [0.4, 0.5) is 8.78 Å². The minimum absolute atomic E-state index is 0.0831. The van der Waals surface area contributed by atoms with Crippen LogP contribution in [0.1, 0.15) is 12.7 Å². The Hall–Kier alpha value is -2.85. The van der Waals surface area contributed by atoms with Gasteiger partial charge in [-0.15, -0.1) is 11.3 Å². The van der Waals surface area contributed by atoms with E-state index >= 15 is 0 Å².